The van der Waals surface area contributed by atoms with Gasteiger partial charge in [-0.2, -0.15) is 0 Å². The van der Waals surface area contributed by atoms with Gasteiger partial charge in [-0.3, -0.25) is 4.57 Å². The van der Waals surface area contributed by atoms with Gasteiger partial charge in [-0.15, -0.1) is 0 Å². The summed E-state index contributed by atoms with van der Waals surface area (Å²) in [5.41, 5.74) is 1.27. The van der Waals surface area contributed by atoms with Crippen LogP contribution in [0.25, 0.3) is 11.2 Å². The Morgan fingerprint density at radius 2 is 2.24 bits per heavy atom. The van der Waals surface area contributed by atoms with Gasteiger partial charge in [0.2, 0.25) is 0 Å². The Hall–Kier alpha value is -1.29. The van der Waals surface area contributed by atoms with Crippen molar-refractivity contribution in [2.24, 2.45) is 0 Å². The van der Waals surface area contributed by atoms with E-state index in [4.69, 9.17) is 4.74 Å². The molecule has 3 heterocycles. The number of fused-ring (bicyclic) bond motifs is 1. The van der Waals surface area contributed by atoms with Crippen LogP contribution in [-0.2, 0) is 4.74 Å². The quantitative estimate of drug-likeness (QED) is 0.762. The summed E-state index contributed by atoms with van der Waals surface area (Å²) in [5, 5.41) is 19.1. The molecule has 0 amide bonds. The third-order valence-electron chi connectivity index (χ3n) is 3.51. The number of rotatable bonds is 3. The van der Waals surface area contributed by atoms with Crippen molar-refractivity contribution in [3.63, 3.8) is 0 Å². The molecule has 0 aromatic carbocycles. The van der Waals surface area contributed by atoms with Gasteiger partial charge in [0.05, 0.1) is 12.7 Å². The predicted octanol–water partition coefficient (Wildman–Crippen LogP) is 0.295. The zero-order valence-electron chi connectivity index (χ0n) is 11.6. The lowest BCUT2D eigenvalue weighted by Crippen LogP contribution is -2.24. The van der Waals surface area contributed by atoms with E-state index >= 15 is 0 Å². The maximum absolute atomic E-state index is 9.89. The molecule has 3 atom stereocenters. The SMILES string of the molecule is CN(C)c1ncnc2c1nc(Br)n2[C@H]1CC(O)[C@@H](CO)O1. The first kappa shape index (κ1) is 14.6. The van der Waals surface area contributed by atoms with Crippen LogP contribution >= 0.6 is 15.9 Å². The highest BCUT2D eigenvalue weighted by molar-refractivity contribution is 9.10. The van der Waals surface area contributed by atoms with E-state index in [0.29, 0.717) is 28.1 Å². The monoisotopic (exact) mass is 357 g/mol. The molecule has 1 unspecified atom stereocenters. The van der Waals surface area contributed by atoms with Crippen molar-refractivity contribution in [2.45, 2.75) is 24.9 Å². The van der Waals surface area contributed by atoms with Crippen molar-refractivity contribution < 1.29 is 14.9 Å². The van der Waals surface area contributed by atoms with E-state index in [2.05, 4.69) is 30.9 Å². The van der Waals surface area contributed by atoms with Crippen LogP contribution in [-0.4, -0.2) is 62.6 Å². The summed E-state index contributed by atoms with van der Waals surface area (Å²) in [6, 6.07) is 0. The Morgan fingerprint density at radius 3 is 2.86 bits per heavy atom. The lowest BCUT2D eigenvalue weighted by Gasteiger charge is -2.15. The van der Waals surface area contributed by atoms with Crippen LogP contribution in [0.15, 0.2) is 11.1 Å². The average Bonchev–Trinajstić information content (AvgIpc) is 2.96. The van der Waals surface area contributed by atoms with Crippen LogP contribution in [0.4, 0.5) is 5.82 Å². The molecule has 1 fully saturated rings. The first-order chi connectivity index (χ1) is 10.0. The summed E-state index contributed by atoms with van der Waals surface area (Å²) in [6.45, 7) is -0.222. The molecule has 1 aliphatic rings. The molecular weight excluding hydrogens is 342 g/mol. The Morgan fingerprint density at radius 1 is 1.48 bits per heavy atom. The number of halogens is 1. The molecule has 8 nitrogen and oxygen atoms in total. The van der Waals surface area contributed by atoms with Crippen molar-refractivity contribution in [2.75, 3.05) is 25.6 Å². The molecule has 2 aromatic heterocycles. The Labute approximate surface area is 129 Å². The molecule has 1 saturated heterocycles. The highest BCUT2D eigenvalue weighted by Crippen LogP contribution is 2.35. The maximum atomic E-state index is 9.89. The largest absolute Gasteiger partial charge is 0.394 e. The van der Waals surface area contributed by atoms with Gasteiger partial charge in [0.15, 0.2) is 21.7 Å². The van der Waals surface area contributed by atoms with Gasteiger partial charge in [0.1, 0.15) is 18.7 Å². The summed E-state index contributed by atoms with van der Waals surface area (Å²) in [7, 11) is 3.76. The minimum Gasteiger partial charge on any atom is -0.394 e. The second-order valence-electron chi connectivity index (χ2n) is 5.13. The van der Waals surface area contributed by atoms with Crippen LogP contribution in [0.2, 0.25) is 0 Å². The van der Waals surface area contributed by atoms with Crippen molar-refractivity contribution in [3.05, 3.63) is 11.1 Å². The number of aromatic nitrogens is 4. The molecule has 9 heteroatoms. The van der Waals surface area contributed by atoms with Gasteiger partial charge in [-0.05, 0) is 15.9 Å². The number of imidazole rings is 1. The maximum Gasteiger partial charge on any atom is 0.181 e. The first-order valence-electron chi connectivity index (χ1n) is 6.53. The normalized spacial score (nSPS) is 25.7. The second-order valence-corrected chi connectivity index (χ2v) is 5.84. The summed E-state index contributed by atoms with van der Waals surface area (Å²) in [4.78, 5) is 14.8. The molecule has 0 spiro atoms. The number of nitrogens with zero attached hydrogens (tertiary/aromatic N) is 5. The van der Waals surface area contributed by atoms with Gasteiger partial charge >= 0.3 is 0 Å². The highest BCUT2D eigenvalue weighted by Gasteiger charge is 2.36. The topological polar surface area (TPSA) is 96.5 Å². The zero-order chi connectivity index (χ0) is 15.1. The Balaban J connectivity index is 2.08. The average molecular weight is 358 g/mol. The molecule has 1 aliphatic heterocycles. The van der Waals surface area contributed by atoms with Crippen LogP contribution < -0.4 is 4.90 Å². The lowest BCUT2D eigenvalue weighted by atomic mass is 10.2. The number of hydrogen-bond donors (Lipinski definition) is 2. The van der Waals surface area contributed by atoms with E-state index in [9.17, 15) is 10.2 Å². The van der Waals surface area contributed by atoms with Crippen molar-refractivity contribution >= 4 is 32.9 Å². The fraction of sp³-hybridized carbons (Fsp3) is 0.583. The fourth-order valence-corrected chi connectivity index (χ4v) is 3.06. The summed E-state index contributed by atoms with van der Waals surface area (Å²) >= 11 is 3.41. The third-order valence-corrected chi connectivity index (χ3v) is 4.07. The van der Waals surface area contributed by atoms with E-state index in [1.807, 2.05) is 19.0 Å². The van der Waals surface area contributed by atoms with Crippen LogP contribution in [0.1, 0.15) is 12.6 Å². The molecule has 2 aromatic rings. The predicted molar refractivity (Wildman–Crippen MR) is 79.0 cm³/mol. The van der Waals surface area contributed by atoms with E-state index in [1.165, 1.54) is 6.33 Å². The minimum absolute atomic E-state index is 0.222. The molecule has 0 saturated carbocycles. The van der Waals surface area contributed by atoms with E-state index in [0.717, 1.165) is 0 Å². The number of aliphatic hydroxyl groups is 2. The fourth-order valence-electron chi connectivity index (χ4n) is 2.49. The van der Waals surface area contributed by atoms with Gasteiger partial charge in [-0.25, -0.2) is 15.0 Å². The van der Waals surface area contributed by atoms with Crippen LogP contribution in [0.3, 0.4) is 0 Å². The van der Waals surface area contributed by atoms with E-state index < -0.39 is 18.4 Å². The van der Waals surface area contributed by atoms with Gasteiger partial charge in [0.25, 0.3) is 0 Å². The summed E-state index contributed by atoms with van der Waals surface area (Å²) in [5.74, 6) is 0.705. The molecule has 114 valence electrons. The summed E-state index contributed by atoms with van der Waals surface area (Å²) < 4.78 is 7.99. The third kappa shape index (κ3) is 2.39. The molecular formula is C12H16BrN5O3. The molecule has 3 rings (SSSR count). The van der Waals surface area contributed by atoms with Crippen molar-refractivity contribution in [1.29, 1.82) is 0 Å². The molecule has 0 aliphatic carbocycles. The van der Waals surface area contributed by atoms with Crippen LogP contribution in [0.5, 0.6) is 0 Å². The molecule has 0 radical (unpaired) electrons. The van der Waals surface area contributed by atoms with E-state index in [-0.39, 0.29) is 6.61 Å². The smallest absolute Gasteiger partial charge is 0.181 e. The number of ether oxygens (including phenoxy) is 1. The molecule has 21 heavy (non-hydrogen) atoms. The van der Waals surface area contributed by atoms with Crippen molar-refractivity contribution in [1.82, 2.24) is 19.5 Å². The first-order valence-corrected chi connectivity index (χ1v) is 7.32. The van der Waals surface area contributed by atoms with Gasteiger partial charge in [-0.1, -0.05) is 0 Å². The number of aliphatic hydroxyl groups excluding tert-OH is 2. The summed E-state index contributed by atoms with van der Waals surface area (Å²) in [6.07, 6.45) is 0.115. The number of hydrogen-bond acceptors (Lipinski definition) is 7. The number of anilines is 1. The highest BCUT2D eigenvalue weighted by atomic mass is 79.9. The van der Waals surface area contributed by atoms with Crippen LogP contribution in [0, 0.1) is 0 Å². The Kier molecular flexibility index (Phi) is 3.82. The van der Waals surface area contributed by atoms with Gasteiger partial charge in [0, 0.05) is 20.5 Å². The van der Waals surface area contributed by atoms with Crippen molar-refractivity contribution in [3.8, 4) is 0 Å². The van der Waals surface area contributed by atoms with Gasteiger partial charge < -0.3 is 19.8 Å². The van der Waals surface area contributed by atoms with E-state index in [1.54, 1.807) is 4.57 Å². The minimum atomic E-state index is -0.709. The second kappa shape index (κ2) is 5.48. The lowest BCUT2D eigenvalue weighted by molar-refractivity contribution is -0.0439. The zero-order valence-corrected chi connectivity index (χ0v) is 13.2. The molecule has 0 bridgehead atoms. The Bertz CT molecular complexity index is 662. The molecule has 2 N–H and O–H groups in total. The standard InChI is InChI=1S/C12H16BrN5O3/c1-17(2)10-9-11(15-5-14-10)18(12(13)16-9)8-3-6(20)7(4-19)21-8/h5-8,19-20H,3-4H2,1-2H3/t6?,7-,8-/m1/s1.